The summed E-state index contributed by atoms with van der Waals surface area (Å²) < 4.78 is 2.88. The first kappa shape index (κ1) is 19.3. The molecule has 0 unspecified atom stereocenters. The molecule has 5 nitrogen and oxygen atoms in total. The number of anilines is 1. The first-order chi connectivity index (χ1) is 13.9. The van der Waals surface area contributed by atoms with E-state index in [0.29, 0.717) is 11.4 Å². The molecule has 0 spiro atoms. The van der Waals surface area contributed by atoms with Crippen molar-refractivity contribution in [2.45, 2.75) is 6.92 Å². The number of hydrogen-bond acceptors (Lipinski definition) is 3. The van der Waals surface area contributed by atoms with Gasteiger partial charge in [0.1, 0.15) is 5.57 Å². The Bertz CT molecular complexity index is 1160. The van der Waals surface area contributed by atoms with Gasteiger partial charge in [-0.1, -0.05) is 28.1 Å². The van der Waals surface area contributed by atoms with Crippen LogP contribution in [-0.4, -0.2) is 21.5 Å². The summed E-state index contributed by atoms with van der Waals surface area (Å²) in [6, 6.07) is 18.9. The van der Waals surface area contributed by atoms with Gasteiger partial charge in [0.2, 0.25) is 0 Å². The molecule has 1 aromatic heterocycles. The lowest BCUT2D eigenvalue weighted by Crippen LogP contribution is -2.54. The Kier molecular flexibility index (Phi) is 5.17. The van der Waals surface area contributed by atoms with E-state index in [1.807, 2.05) is 72.3 Å². The molecule has 3 aromatic rings. The Labute approximate surface area is 181 Å². The molecule has 0 atom stereocenters. The van der Waals surface area contributed by atoms with Crippen molar-refractivity contribution in [2.24, 2.45) is 0 Å². The highest BCUT2D eigenvalue weighted by atomic mass is 79.9. The number of rotatable bonds is 3. The summed E-state index contributed by atoms with van der Waals surface area (Å²) in [5.41, 5.74) is 3.26. The van der Waals surface area contributed by atoms with Crippen LogP contribution in [0.4, 0.5) is 5.69 Å². The fourth-order valence-corrected chi connectivity index (χ4v) is 3.70. The zero-order chi connectivity index (χ0) is 20.5. The number of aromatic nitrogens is 1. The largest absolute Gasteiger partial charge is 0.317 e. The first-order valence-electron chi connectivity index (χ1n) is 8.85. The lowest BCUT2D eigenvalue weighted by molar-refractivity contribution is -0.122. The van der Waals surface area contributed by atoms with E-state index in [9.17, 15) is 9.59 Å². The van der Waals surface area contributed by atoms with Crippen LogP contribution in [0.1, 0.15) is 11.3 Å². The number of hydrogen-bond donors (Lipinski definition) is 1. The molecular weight excluding hydrogens is 450 g/mol. The second kappa shape index (κ2) is 7.77. The molecule has 0 aliphatic carbocycles. The van der Waals surface area contributed by atoms with Crippen LogP contribution in [0.15, 0.2) is 76.9 Å². The summed E-state index contributed by atoms with van der Waals surface area (Å²) in [5, 5.41) is 2.70. The van der Waals surface area contributed by atoms with Gasteiger partial charge in [0.05, 0.1) is 5.69 Å². The van der Waals surface area contributed by atoms with Crippen LogP contribution in [0.5, 0.6) is 0 Å². The second-order valence-corrected chi connectivity index (χ2v) is 7.88. The minimum absolute atomic E-state index is 0.0252. The van der Waals surface area contributed by atoms with Crippen LogP contribution in [0, 0.1) is 6.92 Å². The highest BCUT2D eigenvalue weighted by molar-refractivity contribution is 9.10. The molecule has 0 bridgehead atoms. The first-order valence-corrected chi connectivity index (χ1v) is 10.1. The Morgan fingerprint density at radius 1 is 1.00 bits per heavy atom. The molecule has 2 aromatic carbocycles. The number of benzene rings is 2. The summed E-state index contributed by atoms with van der Waals surface area (Å²) in [6.45, 7) is 1.93. The standard InChI is InChI=1S/C22H16BrN3O2S/c1-14-4-2-5-18(12-14)26-21(28)19(20(27)24-22(26)29)13-17-6-3-11-25(17)16-9-7-15(23)8-10-16/h2-13H,1H3,(H,24,27,29). The molecule has 1 fully saturated rings. The summed E-state index contributed by atoms with van der Waals surface area (Å²) in [4.78, 5) is 27.1. The molecule has 4 rings (SSSR count). The van der Waals surface area contributed by atoms with E-state index in [1.165, 1.54) is 4.90 Å². The quantitative estimate of drug-likeness (QED) is 0.354. The van der Waals surface area contributed by atoms with Gasteiger partial charge in [0, 0.05) is 22.1 Å². The molecule has 29 heavy (non-hydrogen) atoms. The third-order valence-corrected chi connectivity index (χ3v) is 5.35. The van der Waals surface area contributed by atoms with Gasteiger partial charge in [-0.2, -0.15) is 0 Å². The Balaban J connectivity index is 1.75. The number of thiocarbonyl (C=S) groups is 1. The fraction of sp³-hybridized carbons (Fsp3) is 0.0455. The molecule has 144 valence electrons. The molecule has 1 N–H and O–H groups in total. The van der Waals surface area contributed by atoms with Crippen molar-refractivity contribution < 1.29 is 9.59 Å². The van der Waals surface area contributed by atoms with Gasteiger partial charge < -0.3 is 4.57 Å². The van der Waals surface area contributed by atoms with Gasteiger partial charge in [-0.25, -0.2) is 0 Å². The van der Waals surface area contributed by atoms with Crippen LogP contribution in [0.25, 0.3) is 11.8 Å². The average molecular weight is 466 g/mol. The Morgan fingerprint density at radius 3 is 2.48 bits per heavy atom. The molecule has 0 radical (unpaired) electrons. The minimum Gasteiger partial charge on any atom is -0.317 e. The average Bonchev–Trinajstić information content (AvgIpc) is 3.14. The summed E-state index contributed by atoms with van der Waals surface area (Å²) in [6.07, 6.45) is 3.47. The number of carbonyl (C=O) groups is 2. The van der Waals surface area contributed by atoms with Gasteiger partial charge >= 0.3 is 0 Å². The van der Waals surface area contributed by atoms with Crippen LogP contribution in [-0.2, 0) is 9.59 Å². The lowest BCUT2D eigenvalue weighted by Gasteiger charge is -2.29. The Hall–Kier alpha value is -3.03. The molecule has 2 heterocycles. The third-order valence-electron chi connectivity index (χ3n) is 4.54. The number of nitrogens with zero attached hydrogens (tertiary/aromatic N) is 2. The van der Waals surface area contributed by atoms with Crippen molar-refractivity contribution in [3.05, 3.63) is 88.2 Å². The zero-order valence-corrected chi connectivity index (χ0v) is 17.8. The highest BCUT2D eigenvalue weighted by Crippen LogP contribution is 2.24. The van der Waals surface area contributed by atoms with Crippen molar-refractivity contribution in [1.82, 2.24) is 9.88 Å². The molecular formula is C22H16BrN3O2S. The summed E-state index contributed by atoms with van der Waals surface area (Å²) >= 11 is 8.68. The number of carbonyl (C=O) groups excluding carboxylic acids is 2. The predicted molar refractivity (Wildman–Crippen MR) is 121 cm³/mol. The van der Waals surface area contributed by atoms with Gasteiger partial charge in [-0.3, -0.25) is 19.8 Å². The maximum atomic E-state index is 13.2. The third kappa shape index (κ3) is 3.79. The number of aryl methyl sites for hydroxylation is 1. The van der Waals surface area contributed by atoms with Crippen LogP contribution in [0.2, 0.25) is 0 Å². The highest BCUT2D eigenvalue weighted by Gasteiger charge is 2.34. The number of nitrogens with one attached hydrogen (secondary N) is 1. The molecule has 1 aliphatic heterocycles. The van der Waals surface area contributed by atoms with Crippen molar-refractivity contribution in [2.75, 3.05) is 4.90 Å². The predicted octanol–water partition coefficient (Wildman–Crippen LogP) is 4.38. The van der Waals surface area contributed by atoms with Gasteiger partial charge in [0.25, 0.3) is 11.8 Å². The van der Waals surface area contributed by atoms with Gasteiger partial charge in [-0.15, -0.1) is 0 Å². The van der Waals surface area contributed by atoms with Gasteiger partial charge in [0.15, 0.2) is 5.11 Å². The molecule has 2 amide bonds. The van der Waals surface area contributed by atoms with E-state index >= 15 is 0 Å². The van der Waals surface area contributed by atoms with Crippen molar-refractivity contribution in [3.63, 3.8) is 0 Å². The van der Waals surface area contributed by atoms with Gasteiger partial charge in [-0.05, 0) is 79.3 Å². The van der Waals surface area contributed by atoms with E-state index in [1.54, 1.807) is 12.1 Å². The van der Waals surface area contributed by atoms with Crippen molar-refractivity contribution in [3.8, 4) is 5.69 Å². The Morgan fingerprint density at radius 2 is 1.76 bits per heavy atom. The minimum atomic E-state index is -0.507. The topological polar surface area (TPSA) is 54.3 Å². The number of amides is 2. The molecule has 1 saturated heterocycles. The molecule has 7 heteroatoms. The second-order valence-electron chi connectivity index (χ2n) is 6.58. The van der Waals surface area contributed by atoms with E-state index in [-0.39, 0.29) is 10.7 Å². The smallest absolute Gasteiger partial charge is 0.270 e. The normalized spacial score (nSPS) is 15.7. The fourth-order valence-electron chi connectivity index (χ4n) is 3.16. The van der Waals surface area contributed by atoms with Crippen LogP contribution >= 0.6 is 28.1 Å². The zero-order valence-electron chi connectivity index (χ0n) is 15.4. The summed E-state index contributed by atoms with van der Waals surface area (Å²) in [5.74, 6) is -0.958. The van der Waals surface area contributed by atoms with Crippen molar-refractivity contribution in [1.29, 1.82) is 0 Å². The van der Waals surface area contributed by atoms with Crippen LogP contribution < -0.4 is 10.2 Å². The van der Waals surface area contributed by atoms with E-state index in [4.69, 9.17) is 12.2 Å². The van der Waals surface area contributed by atoms with E-state index in [0.717, 1.165) is 15.7 Å². The molecule has 1 aliphatic rings. The maximum absolute atomic E-state index is 13.2. The lowest BCUT2D eigenvalue weighted by atomic mass is 10.1. The van der Waals surface area contributed by atoms with E-state index < -0.39 is 11.8 Å². The maximum Gasteiger partial charge on any atom is 0.270 e. The summed E-state index contributed by atoms with van der Waals surface area (Å²) in [7, 11) is 0. The van der Waals surface area contributed by atoms with Crippen LogP contribution in [0.3, 0.4) is 0 Å². The van der Waals surface area contributed by atoms with E-state index in [2.05, 4.69) is 21.2 Å². The van der Waals surface area contributed by atoms with Crippen molar-refractivity contribution >= 4 is 56.8 Å². The molecule has 0 saturated carbocycles. The monoisotopic (exact) mass is 465 g/mol. The number of halogens is 1. The SMILES string of the molecule is Cc1cccc(N2C(=O)C(=Cc3cccn3-c3ccc(Br)cc3)C(=O)NC2=S)c1.